The third-order valence-corrected chi connectivity index (χ3v) is 1.35. The topological polar surface area (TPSA) is 38.3 Å². The lowest BCUT2D eigenvalue weighted by atomic mass is 10.3. The minimum absolute atomic E-state index is 0.127. The summed E-state index contributed by atoms with van der Waals surface area (Å²) in [5.41, 5.74) is 0. The molecule has 1 aliphatic rings. The molecule has 0 amide bonds. The normalized spacial score (nSPS) is 26.1. The summed E-state index contributed by atoms with van der Waals surface area (Å²) in [6.07, 6.45) is 1.09. The van der Waals surface area contributed by atoms with Crippen molar-refractivity contribution in [1.29, 1.82) is 0 Å². The van der Waals surface area contributed by atoms with Gasteiger partial charge in [-0.15, -0.1) is 0 Å². The molecule has 0 saturated carbocycles. The average Bonchev–Trinajstić information content (AvgIpc) is 2.15. The summed E-state index contributed by atoms with van der Waals surface area (Å²) in [7, 11) is 0. The minimum atomic E-state index is -0.177. The molecule has 0 aromatic carbocycles. The Morgan fingerprint density at radius 1 is 1.78 bits per heavy atom. The first-order valence-electron chi connectivity index (χ1n) is 3.17. The Bertz CT molecular complexity index is 108. The summed E-state index contributed by atoms with van der Waals surface area (Å²) < 4.78 is 4.91. The molecule has 1 rings (SSSR count). The third kappa shape index (κ3) is 2.01. The van der Waals surface area contributed by atoms with Crippen molar-refractivity contribution in [3.05, 3.63) is 0 Å². The standard InChI is InChI=1S/C6H11NO2/c1-5(8)9-6-2-3-7-4-6/h6-7H,2-4H2,1H3/t6-/m1/s1. The highest BCUT2D eigenvalue weighted by atomic mass is 16.5. The molecule has 3 heteroatoms. The highest BCUT2D eigenvalue weighted by Gasteiger charge is 2.15. The maximum absolute atomic E-state index is 10.3. The smallest absolute Gasteiger partial charge is 0.302 e. The monoisotopic (exact) mass is 129 g/mol. The molecule has 0 aromatic rings. The highest BCUT2D eigenvalue weighted by molar-refractivity contribution is 5.66. The van der Waals surface area contributed by atoms with E-state index < -0.39 is 0 Å². The van der Waals surface area contributed by atoms with E-state index in [-0.39, 0.29) is 12.1 Å². The summed E-state index contributed by atoms with van der Waals surface area (Å²) in [5, 5.41) is 3.10. The van der Waals surface area contributed by atoms with Gasteiger partial charge >= 0.3 is 5.97 Å². The lowest BCUT2D eigenvalue weighted by Gasteiger charge is -2.06. The van der Waals surface area contributed by atoms with Crippen LogP contribution >= 0.6 is 0 Å². The number of carbonyl (C=O) groups excluding carboxylic acids is 1. The van der Waals surface area contributed by atoms with Crippen molar-refractivity contribution < 1.29 is 9.53 Å². The van der Waals surface area contributed by atoms with Gasteiger partial charge in [-0.2, -0.15) is 0 Å². The fourth-order valence-electron chi connectivity index (χ4n) is 0.963. The molecule has 9 heavy (non-hydrogen) atoms. The van der Waals surface area contributed by atoms with Crippen molar-refractivity contribution in [3.63, 3.8) is 0 Å². The van der Waals surface area contributed by atoms with Crippen LogP contribution in [0.3, 0.4) is 0 Å². The van der Waals surface area contributed by atoms with Crippen LogP contribution in [-0.2, 0) is 9.53 Å². The quantitative estimate of drug-likeness (QED) is 0.503. The van der Waals surface area contributed by atoms with Crippen LogP contribution in [-0.4, -0.2) is 25.2 Å². The molecule has 0 spiro atoms. The molecule has 1 fully saturated rings. The molecule has 0 bridgehead atoms. The number of hydrogen-bond donors (Lipinski definition) is 1. The lowest BCUT2D eigenvalue weighted by molar-refractivity contribution is -0.145. The van der Waals surface area contributed by atoms with E-state index in [0.29, 0.717) is 0 Å². The number of esters is 1. The van der Waals surface area contributed by atoms with Crippen LogP contribution in [0, 0.1) is 0 Å². The molecule has 0 aliphatic carbocycles. The summed E-state index contributed by atoms with van der Waals surface area (Å²) in [4.78, 5) is 10.3. The molecule has 1 N–H and O–H groups in total. The maximum Gasteiger partial charge on any atom is 0.302 e. The van der Waals surface area contributed by atoms with Gasteiger partial charge < -0.3 is 10.1 Å². The molecule has 0 unspecified atom stereocenters. The van der Waals surface area contributed by atoms with E-state index >= 15 is 0 Å². The van der Waals surface area contributed by atoms with Crippen LogP contribution in [0.2, 0.25) is 0 Å². The molecular formula is C6H11NO2. The van der Waals surface area contributed by atoms with Crippen molar-refractivity contribution >= 4 is 5.97 Å². The predicted molar refractivity (Wildman–Crippen MR) is 33.0 cm³/mol. The number of ether oxygens (including phenoxy) is 1. The van der Waals surface area contributed by atoms with Crippen LogP contribution in [0.5, 0.6) is 0 Å². The van der Waals surface area contributed by atoms with Gasteiger partial charge in [0.05, 0.1) is 0 Å². The highest BCUT2D eigenvalue weighted by Crippen LogP contribution is 2.02. The Morgan fingerprint density at radius 3 is 3.00 bits per heavy atom. The maximum atomic E-state index is 10.3. The molecule has 0 radical (unpaired) electrons. The van der Waals surface area contributed by atoms with Crippen LogP contribution in [0.1, 0.15) is 13.3 Å². The Labute approximate surface area is 54.4 Å². The number of carbonyl (C=O) groups is 1. The molecule has 1 aliphatic heterocycles. The van der Waals surface area contributed by atoms with Crippen molar-refractivity contribution in [2.45, 2.75) is 19.4 Å². The second-order valence-electron chi connectivity index (χ2n) is 2.22. The average molecular weight is 129 g/mol. The zero-order chi connectivity index (χ0) is 6.69. The lowest BCUT2D eigenvalue weighted by Crippen LogP contribution is -2.18. The Kier molecular flexibility index (Phi) is 2.05. The molecule has 52 valence electrons. The number of rotatable bonds is 1. The molecule has 3 nitrogen and oxygen atoms in total. The summed E-state index contributed by atoms with van der Waals surface area (Å²) in [6, 6.07) is 0. The fourth-order valence-corrected chi connectivity index (χ4v) is 0.963. The summed E-state index contributed by atoms with van der Waals surface area (Å²) in [5.74, 6) is -0.177. The van der Waals surface area contributed by atoms with Gasteiger partial charge in [0.1, 0.15) is 6.10 Å². The molecule has 1 atom stereocenters. The zero-order valence-corrected chi connectivity index (χ0v) is 5.52. The van der Waals surface area contributed by atoms with Gasteiger partial charge in [0.15, 0.2) is 0 Å². The van der Waals surface area contributed by atoms with Gasteiger partial charge in [-0.1, -0.05) is 0 Å². The molecule has 1 heterocycles. The summed E-state index contributed by atoms with van der Waals surface area (Å²) in [6.45, 7) is 3.23. The first-order valence-corrected chi connectivity index (χ1v) is 3.17. The van der Waals surface area contributed by atoms with E-state index in [4.69, 9.17) is 4.74 Å². The van der Waals surface area contributed by atoms with Gasteiger partial charge in [-0.05, 0) is 13.0 Å². The third-order valence-electron chi connectivity index (χ3n) is 1.35. The second-order valence-corrected chi connectivity index (χ2v) is 2.22. The first kappa shape index (κ1) is 6.55. The minimum Gasteiger partial charge on any atom is -0.461 e. The van der Waals surface area contributed by atoms with E-state index in [2.05, 4.69) is 5.32 Å². The van der Waals surface area contributed by atoms with Gasteiger partial charge in [-0.3, -0.25) is 4.79 Å². The zero-order valence-electron chi connectivity index (χ0n) is 5.52. The fraction of sp³-hybridized carbons (Fsp3) is 0.833. The van der Waals surface area contributed by atoms with E-state index in [1.54, 1.807) is 0 Å². The second kappa shape index (κ2) is 2.82. The van der Waals surface area contributed by atoms with Crippen LogP contribution < -0.4 is 5.32 Å². The molecule has 0 aromatic heterocycles. The van der Waals surface area contributed by atoms with Crippen LogP contribution in [0.4, 0.5) is 0 Å². The van der Waals surface area contributed by atoms with Crippen LogP contribution in [0.25, 0.3) is 0 Å². The Morgan fingerprint density at radius 2 is 2.56 bits per heavy atom. The van der Waals surface area contributed by atoms with Gasteiger partial charge in [0.25, 0.3) is 0 Å². The Balaban J connectivity index is 2.19. The van der Waals surface area contributed by atoms with E-state index in [1.165, 1.54) is 6.92 Å². The number of nitrogens with one attached hydrogen (secondary N) is 1. The first-order chi connectivity index (χ1) is 4.29. The van der Waals surface area contributed by atoms with Gasteiger partial charge in [0.2, 0.25) is 0 Å². The Hall–Kier alpha value is -0.570. The van der Waals surface area contributed by atoms with Crippen molar-refractivity contribution in [2.24, 2.45) is 0 Å². The van der Waals surface area contributed by atoms with Crippen molar-refractivity contribution in [3.8, 4) is 0 Å². The largest absolute Gasteiger partial charge is 0.461 e. The van der Waals surface area contributed by atoms with Gasteiger partial charge in [-0.25, -0.2) is 0 Å². The SMILES string of the molecule is CC(=O)O[C@@H]1CCNC1. The predicted octanol–water partition coefficient (Wildman–Crippen LogP) is -0.0886. The van der Waals surface area contributed by atoms with Crippen molar-refractivity contribution in [2.75, 3.05) is 13.1 Å². The van der Waals surface area contributed by atoms with E-state index in [1.807, 2.05) is 0 Å². The van der Waals surface area contributed by atoms with E-state index in [9.17, 15) is 4.79 Å². The van der Waals surface area contributed by atoms with Gasteiger partial charge in [0, 0.05) is 13.5 Å². The van der Waals surface area contributed by atoms with Crippen LogP contribution in [0.15, 0.2) is 0 Å². The summed E-state index contributed by atoms with van der Waals surface area (Å²) >= 11 is 0. The molecular weight excluding hydrogens is 118 g/mol. The van der Waals surface area contributed by atoms with Crippen molar-refractivity contribution in [1.82, 2.24) is 5.32 Å². The van der Waals surface area contributed by atoms with E-state index in [0.717, 1.165) is 19.5 Å². The molecule has 1 saturated heterocycles. The number of hydrogen-bond acceptors (Lipinski definition) is 3.